The SMILES string of the molecule is Cc1cc(C(=O)N2CCN(C(C)C(N)=NO)CC2)co1. The summed E-state index contributed by atoms with van der Waals surface area (Å²) in [6.45, 7) is 6.32. The monoisotopic (exact) mass is 280 g/mol. The maximum Gasteiger partial charge on any atom is 0.257 e. The fourth-order valence-electron chi connectivity index (χ4n) is 2.32. The predicted molar refractivity (Wildman–Crippen MR) is 73.8 cm³/mol. The Morgan fingerprint density at radius 1 is 1.45 bits per heavy atom. The van der Waals surface area contributed by atoms with E-state index < -0.39 is 0 Å². The van der Waals surface area contributed by atoms with Crippen molar-refractivity contribution >= 4 is 11.7 Å². The molecule has 1 saturated heterocycles. The predicted octanol–water partition coefficient (Wildman–Crippen LogP) is 0.481. The highest BCUT2D eigenvalue weighted by Gasteiger charge is 2.26. The van der Waals surface area contributed by atoms with E-state index in [9.17, 15) is 4.79 Å². The molecule has 110 valence electrons. The molecule has 1 atom stereocenters. The number of nitrogens with zero attached hydrogens (tertiary/aromatic N) is 3. The van der Waals surface area contributed by atoms with Gasteiger partial charge in [0.25, 0.3) is 5.91 Å². The summed E-state index contributed by atoms with van der Waals surface area (Å²) >= 11 is 0. The molecule has 0 saturated carbocycles. The molecule has 1 aliphatic rings. The molecule has 2 heterocycles. The molecule has 1 aromatic heterocycles. The summed E-state index contributed by atoms with van der Waals surface area (Å²) < 4.78 is 5.16. The van der Waals surface area contributed by atoms with Crippen LogP contribution in [0.4, 0.5) is 0 Å². The first kappa shape index (κ1) is 14.4. The van der Waals surface area contributed by atoms with Crippen molar-refractivity contribution in [2.45, 2.75) is 19.9 Å². The van der Waals surface area contributed by atoms with Crippen LogP contribution in [0.1, 0.15) is 23.0 Å². The van der Waals surface area contributed by atoms with Gasteiger partial charge in [-0.2, -0.15) is 0 Å². The number of piperazine rings is 1. The number of carbonyl (C=O) groups excluding carboxylic acids is 1. The molecule has 0 radical (unpaired) electrons. The topological polar surface area (TPSA) is 95.3 Å². The number of hydrogen-bond acceptors (Lipinski definition) is 5. The molecule has 1 amide bonds. The molecule has 3 N–H and O–H groups in total. The molecule has 1 fully saturated rings. The Morgan fingerprint density at radius 3 is 2.60 bits per heavy atom. The van der Waals surface area contributed by atoms with Gasteiger partial charge in [0.15, 0.2) is 5.84 Å². The third-order valence-corrected chi connectivity index (χ3v) is 3.67. The van der Waals surface area contributed by atoms with E-state index >= 15 is 0 Å². The number of aryl methyl sites for hydroxylation is 1. The van der Waals surface area contributed by atoms with Crippen LogP contribution in [-0.4, -0.2) is 59.0 Å². The molecule has 0 spiro atoms. The number of amides is 1. The van der Waals surface area contributed by atoms with E-state index in [0.717, 1.165) is 5.76 Å². The van der Waals surface area contributed by atoms with Crippen molar-refractivity contribution in [3.05, 3.63) is 23.7 Å². The summed E-state index contributed by atoms with van der Waals surface area (Å²) in [5.74, 6) is 0.903. The molecule has 1 unspecified atom stereocenters. The summed E-state index contributed by atoms with van der Waals surface area (Å²) in [4.78, 5) is 16.1. The number of nitrogens with two attached hydrogens (primary N) is 1. The Bertz CT molecular complexity index is 503. The lowest BCUT2D eigenvalue weighted by atomic mass is 10.2. The van der Waals surface area contributed by atoms with Crippen molar-refractivity contribution in [2.24, 2.45) is 10.9 Å². The molecular formula is C13H20N4O3. The van der Waals surface area contributed by atoms with Gasteiger partial charge in [-0.15, -0.1) is 0 Å². The van der Waals surface area contributed by atoms with Crippen molar-refractivity contribution < 1.29 is 14.4 Å². The quantitative estimate of drug-likeness (QED) is 0.363. The number of oxime groups is 1. The number of carbonyl (C=O) groups is 1. The largest absolute Gasteiger partial charge is 0.469 e. The van der Waals surface area contributed by atoms with Gasteiger partial charge in [0.2, 0.25) is 0 Å². The van der Waals surface area contributed by atoms with Crippen LogP contribution in [0.15, 0.2) is 21.9 Å². The van der Waals surface area contributed by atoms with E-state index in [-0.39, 0.29) is 17.8 Å². The van der Waals surface area contributed by atoms with Gasteiger partial charge in [-0.3, -0.25) is 9.69 Å². The third kappa shape index (κ3) is 2.93. The zero-order valence-electron chi connectivity index (χ0n) is 11.7. The van der Waals surface area contributed by atoms with Crippen LogP contribution in [0.25, 0.3) is 0 Å². The van der Waals surface area contributed by atoms with Crippen molar-refractivity contribution in [3.8, 4) is 0 Å². The highest BCUT2D eigenvalue weighted by Crippen LogP contribution is 2.13. The molecule has 0 bridgehead atoms. The molecule has 2 rings (SSSR count). The number of amidine groups is 1. The maximum atomic E-state index is 12.2. The van der Waals surface area contributed by atoms with Crippen molar-refractivity contribution in [3.63, 3.8) is 0 Å². The van der Waals surface area contributed by atoms with Crippen molar-refractivity contribution in [2.75, 3.05) is 26.2 Å². The van der Waals surface area contributed by atoms with Gasteiger partial charge in [0.05, 0.1) is 11.6 Å². The van der Waals surface area contributed by atoms with E-state index in [2.05, 4.69) is 10.1 Å². The Morgan fingerprint density at radius 2 is 2.10 bits per heavy atom. The van der Waals surface area contributed by atoms with Crippen LogP contribution >= 0.6 is 0 Å². The maximum absolute atomic E-state index is 12.2. The molecule has 1 aromatic rings. The lowest BCUT2D eigenvalue weighted by Crippen LogP contribution is -2.54. The standard InChI is InChI=1S/C13H20N4O3/c1-9-7-11(8-20-9)13(18)17-5-3-16(4-6-17)10(2)12(14)15-19/h7-8,10,19H,3-6H2,1-2H3,(H2,14,15). The highest BCUT2D eigenvalue weighted by atomic mass is 16.4. The molecular weight excluding hydrogens is 260 g/mol. The molecule has 7 nitrogen and oxygen atoms in total. The first-order valence-corrected chi connectivity index (χ1v) is 6.59. The third-order valence-electron chi connectivity index (χ3n) is 3.67. The second-order valence-corrected chi connectivity index (χ2v) is 4.98. The lowest BCUT2D eigenvalue weighted by molar-refractivity contribution is 0.0618. The first-order valence-electron chi connectivity index (χ1n) is 6.59. The highest BCUT2D eigenvalue weighted by molar-refractivity contribution is 5.94. The van der Waals surface area contributed by atoms with Gasteiger partial charge in [0.1, 0.15) is 12.0 Å². The summed E-state index contributed by atoms with van der Waals surface area (Å²) in [7, 11) is 0. The minimum absolute atomic E-state index is 0.0158. The second kappa shape index (κ2) is 5.96. The molecule has 0 aromatic carbocycles. The summed E-state index contributed by atoms with van der Waals surface area (Å²) in [6.07, 6.45) is 1.49. The zero-order valence-corrected chi connectivity index (χ0v) is 11.7. The number of rotatable bonds is 3. The fourth-order valence-corrected chi connectivity index (χ4v) is 2.32. The van der Waals surface area contributed by atoms with Crippen molar-refractivity contribution in [1.29, 1.82) is 0 Å². The van der Waals surface area contributed by atoms with Gasteiger partial charge in [0, 0.05) is 26.2 Å². The Kier molecular flexibility index (Phi) is 4.29. The molecule has 0 aliphatic carbocycles. The summed E-state index contributed by atoms with van der Waals surface area (Å²) in [5.41, 5.74) is 6.18. The zero-order chi connectivity index (χ0) is 14.7. The van der Waals surface area contributed by atoms with E-state index in [1.165, 1.54) is 6.26 Å². The normalized spacial score (nSPS) is 19.1. The first-order chi connectivity index (χ1) is 9.52. The van der Waals surface area contributed by atoms with Gasteiger partial charge in [-0.05, 0) is 19.9 Å². The lowest BCUT2D eigenvalue weighted by Gasteiger charge is -2.37. The van der Waals surface area contributed by atoms with Crippen LogP contribution in [0.2, 0.25) is 0 Å². The molecule has 1 aliphatic heterocycles. The van der Waals surface area contributed by atoms with Crippen LogP contribution in [0, 0.1) is 6.92 Å². The summed E-state index contributed by atoms with van der Waals surface area (Å²) in [6, 6.07) is 1.61. The van der Waals surface area contributed by atoms with Crippen LogP contribution in [0.3, 0.4) is 0 Å². The van der Waals surface area contributed by atoms with Gasteiger partial charge in [-0.1, -0.05) is 5.16 Å². The van der Waals surface area contributed by atoms with Crippen LogP contribution in [-0.2, 0) is 0 Å². The number of furan rings is 1. The Balaban J connectivity index is 1.93. The van der Waals surface area contributed by atoms with Crippen LogP contribution < -0.4 is 5.73 Å². The summed E-state index contributed by atoms with van der Waals surface area (Å²) in [5, 5.41) is 11.7. The van der Waals surface area contributed by atoms with Gasteiger partial charge < -0.3 is 20.3 Å². The van der Waals surface area contributed by atoms with E-state index in [0.29, 0.717) is 31.7 Å². The average Bonchev–Trinajstić information content (AvgIpc) is 2.91. The fraction of sp³-hybridized carbons (Fsp3) is 0.538. The van der Waals surface area contributed by atoms with Crippen molar-refractivity contribution in [1.82, 2.24) is 9.80 Å². The van der Waals surface area contributed by atoms with E-state index in [1.54, 1.807) is 11.0 Å². The second-order valence-electron chi connectivity index (χ2n) is 4.98. The average molecular weight is 280 g/mol. The van der Waals surface area contributed by atoms with E-state index in [1.807, 2.05) is 13.8 Å². The van der Waals surface area contributed by atoms with Crippen LogP contribution in [0.5, 0.6) is 0 Å². The van der Waals surface area contributed by atoms with Gasteiger partial charge >= 0.3 is 0 Å². The Labute approximate surface area is 117 Å². The molecule has 20 heavy (non-hydrogen) atoms. The van der Waals surface area contributed by atoms with E-state index in [4.69, 9.17) is 15.4 Å². The minimum Gasteiger partial charge on any atom is -0.469 e. The smallest absolute Gasteiger partial charge is 0.257 e. The number of hydrogen-bond donors (Lipinski definition) is 2. The van der Waals surface area contributed by atoms with Gasteiger partial charge in [-0.25, -0.2) is 0 Å². The molecule has 7 heteroatoms. The Hall–Kier alpha value is -2.02. The minimum atomic E-state index is -0.131.